The van der Waals surface area contributed by atoms with Gasteiger partial charge >= 0.3 is 0 Å². The van der Waals surface area contributed by atoms with Crippen molar-refractivity contribution in [3.05, 3.63) is 59.7 Å². The molecule has 7 heteroatoms. The van der Waals surface area contributed by atoms with E-state index in [4.69, 9.17) is 0 Å². The van der Waals surface area contributed by atoms with Crippen LogP contribution in [0.3, 0.4) is 0 Å². The maximum Gasteiger partial charge on any atom is 0.255 e. The zero-order chi connectivity index (χ0) is 20.8. The van der Waals surface area contributed by atoms with Gasteiger partial charge in [-0.25, -0.2) is 0 Å². The Morgan fingerprint density at radius 3 is 1.97 bits per heavy atom. The van der Waals surface area contributed by atoms with Crippen molar-refractivity contribution in [3.63, 3.8) is 0 Å². The Kier molecular flexibility index (Phi) is 6.49. The van der Waals surface area contributed by atoms with Crippen molar-refractivity contribution >= 4 is 29.1 Å². The summed E-state index contributed by atoms with van der Waals surface area (Å²) in [7, 11) is 3.88. The maximum absolute atomic E-state index is 12.4. The molecule has 7 nitrogen and oxygen atoms in total. The van der Waals surface area contributed by atoms with Crippen molar-refractivity contribution < 1.29 is 14.4 Å². The van der Waals surface area contributed by atoms with Gasteiger partial charge in [0.15, 0.2) is 0 Å². The molecule has 1 saturated carbocycles. The van der Waals surface area contributed by atoms with Crippen LogP contribution in [0.1, 0.15) is 33.6 Å². The first-order valence-electron chi connectivity index (χ1n) is 9.69. The largest absolute Gasteiger partial charge is 0.378 e. The highest BCUT2D eigenvalue weighted by molar-refractivity contribution is 6.04. The Bertz CT molecular complexity index is 872. The molecular weight excluding hydrogens is 368 g/mol. The highest BCUT2D eigenvalue weighted by atomic mass is 16.2. The Labute approximate surface area is 170 Å². The lowest BCUT2D eigenvalue weighted by molar-refractivity contribution is -0.122. The van der Waals surface area contributed by atoms with E-state index < -0.39 is 0 Å². The highest BCUT2D eigenvalue weighted by Gasteiger charge is 2.28. The number of rotatable bonds is 8. The third kappa shape index (κ3) is 5.81. The van der Waals surface area contributed by atoms with E-state index in [1.165, 1.54) is 0 Å². The first-order chi connectivity index (χ1) is 13.9. The second kappa shape index (κ2) is 9.23. The van der Waals surface area contributed by atoms with Crippen molar-refractivity contribution in [2.24, 2.45) is 5.92 Å². The first-order valence-corrected chi connectivity index (χ1v) is 9.69. The summed E-state index contributed by atoms with van der Waals surface area (Å²) >= 11 is 0. The molecule has 0 atom stereocenters. The molecule has 0 aromatic heterocycles. The van der Waals surface area contributed by atoms with Gasteiger partial charge in [0.2, 0.25) is 5.91 Å². The van der Waals surface area contributed by atoms with E-state index in [0.717, 1.165) is 18.5 Å². The Hall–Kier alpha value is -3.35. The molecular formula is C22H26N4O3. The fraction of sp³-hybridized carbons (Fsp3) is 0.318. The summed E-state index contributed by atoms with van der Waals surface area (Å²) in [5.41, 5.74) is 2.68. The lowest BCUT2D eigenvalue weighted by atomic mass is 10.1. The first kappa shape index (κ1) is 20.4. The second-order valence-corrected chi connectivity index (χ2v) is 7.29. The van der Waals surface area contributed by atoms with Gasteiger partial charge in [0.05, 0.1) is 0 Å². The molecule has 2 aromatic rings. The molecule has 1 aliphatic carbocycles. The lowest BCUT2D eigenvalue weighted by Crippen LogP contribution is -2.35. The third-order valence-electron chi connectivity index (χ3n) is 4.71. The van der Waals surface area contributed by atoms with E-state index in [1.54, 1.807) is 36.4 Å². The molecule has 0 spiro atoms. The number of carbonyl (C=O) groups excluding carboxylic acids is 3. The minimum Gasteiger partial charge on any atom is -0.378 e. The van der Waals surface area contributed by atoms with Crippen molar-refractivity contribution in [1.29, 1.82) is 0 Å². The summed E-state index contributed by atoms with van der Waals surface area (Å²) < 4.78 is 0. The molecule has 29 heavy (non-hydrogen) atoms. The summed E-state index contributed by atoms with van der Waals surface area (Å²) in [5, 5.41) is 8.40. The van der Waals surface area contributed by atoms with Crippen molar-refractivity contribution in [3.8, 4) is 0 Å². The summed E-state index contributed by atoms with van der Waals surface area (Å²) in [6.45, 7) is 0.792. The van der Waals surface area contributed by atoms with Crippen LogP contribution in [0, 0.1) is 5.92 Å². The van der Waals surface area contributed by atoms with Gasteiger partial charge in [-0.2, -0.15) is 0 Å². The predicted molar refractivity (Wildman–Crippen MR) is 113 cm³/mol. The van der Waals surface area contributed by atoms with Crippen molar-refractivity contribution in [2.45, 2.75) is 12.8 Å². The minimum absolute atomic E-state index is 0.0655. The summed E-state index contributed by atoms with van der Waals surface area (Å²) in [6.07, 6.45) is 1.92. The fourth-order valence-electron chi connectivity index (χ4n) is 2.77. The average molecular weight is 394 g/mol. The smallest absolute Gasteiger partial charge is 0.255 e. The molecule has 3 N–H and O–H groups in total. The van der Waals surface area contributed by atoms with Crippen LogP contribution in [-0.4, -0.2) is 44.9 Å². The topological polar surface area (TPSA) is 90.5 Å². The standard InChI is InChI=1S/C22H26N4O3/c1-26(2)19-11-7-17(8-12-19)22(29)25-18-9-5-16(6-10-18)21(28)24-14-13-23-20(27)15-3-4-15/h5-12,15H,3-4,13-14H2,1-2H3,(H,23,27)(H,24,28)(H,25,29). The van der Waals surface area contributed by atoms with Gasteiger partial charge in [0, 0.05) is 55.6 Å². The maximum atomic E-state index is 12.4. The Morgan fingerprint density at radius 2 is 1.38 bits per heavy atom. The van der Waals surface area contributed by atoms with E-state index in [1.807, 2.05) is 31.1 Å². The van der Waals surface area contributed by atoms with Gasteiger partial charge in [-0.1, -0.05) is 0 Å². The molecule has 3 amide bonds. The number of amides is 3. The third-order valence-corrected chi connectivity index (χ3v) is 4.71. The van der Waals surface area contributed by atoms with Crippen molar-refractivity contribution in [1.82, 2.24) is 10.6 Å². The Morgan fingerprint density at radius 1 is 0.828 bits per heavy atom. The SMILES string of the molecule is CN(C)c1ccc(C(=O)Nc2ccc(C(=O)NCCNC(=O)C3CC3)cc2)cc1. The van der Waals surface area contributed by atoms with Crippen LogP contribution in [0.2, 0.25) is 0 Å². The average Bonchev–Trinajstić information content (AvgIpc) is 3.57. The molecule has 1 fully saturated rings. The van der Waals surface area contributed by atoms with E-state index in [-0.39, 0.29) is 23.6 Å². The number of nitrogens with zero attached hydrogens (tertiary/aromatic N) is 1. The molecule has 0 radical (unpaired) electrons. The van der Waals surface area contributed by atoms with Crippen LogP contribution in [0.4, 0.5) is 11.4 Å². The second-order valence-electron chi connectivity index (χ2n) is 7.29. The summed E-state index contributed by atoms with van der Waals surface area (Å²) in [5.74, 6) is -0.197. The zero-order valence-electron chi connectivity index (χ0n) is 16.7. The fourth-order valence-corrected chi connectivity index (χ4v) is 2.77. The van der Waals surface area contributed by atoms with Crippen LogP contribution in [0.5, 0.6) is 0 Å². The summed E-state index contributed by atoms with van der Waals surface area (Å²) in [6, 6.07) is 14.0. The number of benzene rings is 2. The Balaban J connectivity index is 1.46. The van der Waals surface area contributed by atoms with Crippen LogP contribution in [0.25, 0.3) is 0 Å². The molecule has 152 valence electrons. The highest BCUT2D eigenvalue weighted by Crippen LogP contribution is 2.28. The van der Waals surface area contributed by atoms with Crippen molar-refractivity contribution in [2.75, 3.05) is 37.4 Å². The molecule has 3 rings (SSSR count). The van der Waals surface area contributed by atoms with Gasteiger partial charge in [0.25, 0.3) is 11.8 Å². The zero-order valence-corrected chi connectivity index (χ0v) is 16.7. The van der Waals surface area contributed by atoms with Crippen LogP contribution >= 0.6 is 0 Å². The number of hydrogen-bond donors (Lipinski definition) is 3. The monoisotopic (exact) mass is 394 g/mol. The number of carbonyl (C=O) groups is 3. The molecule has 2 aromatic carbocycles. The van der Waals surface area contributed by atoms with Gasteiger partial charge in [-0.05, 0) is 61.4 Å². The number of hydrogen-bond acceptors (Lipinski definition) is 4. The molecule has 0 saturated heterocycles. The molecule has 0 bridgehead atoms. The van der Waals surface area contributed by atoms with Gasteiger partial charge in [-0.15, -0.1) is 0 Å². The number of anilines is 2. The number of nitrogens with one attached hydrogen (secondary N) is 3. The van der Waals surface area contributed by atoms with Crippen LogP contribution < -0.4 is 20.9 Å². The van der Waals surface area contributed by atoms with Gasteiger partial charge in [0.1, 0.15) is 0 Å². The molecule has 1 aliphatic rings. The van der Waals surface area contributed by atoms with Gasteiger partial charge in [-0.3, -0.25) is 14.4 Å². The minimum atomic E-state index is -0.220. The normalized spacial score (nSPS) is 12.8. The van der Waals surface area contributed by atoms with E-state index >= 15 is 0 Å². The van der Waals surface area contributed by atoms with Crippen LogP contribution in [0.15, 0.2) is 48.5 Å². The molecule has 0 unspecified atom stereocenters. The van der Waals surface area contributed by atoms with E-state index in [0.29, 0.717) is 29.9 Å². The summed E-state index contributed by atoms with van der Waals surface area (Å²) in [4.78, 5) is 38.0. The van der Waals surface area contributed by atoms with Gasteiger partial charge < -0.3 is 20.9 Å². The molecule has 0 heterocycles. The molecule has 0 aliphatic heterocycles. The predicted octanol–water partition coefficient (Wildman–Crippen LogP) is 2.26. The van der Waals surface area contributed by atoms with Crippen LogP contribution in [-0.2, 0) is 4.79 Å². The van der Waals surface area contributed by atoms with E-state index in [2.05, 4.69) is 16.0 Å². The quantitative estimate of drug-likeness (QED) is 0.599. The lowest BCUT2D eigenvalue weighted by Gasteiger charge is -2.12. The van der Waals surface area contributed by atoms with E-state index in [9.17, 15) is 14.4 Å².